The molecule has 0 bridgehead atoms. The predicted octanol–water partition coefficient (Wildman–Crippen LogP) is 3.79. The summed E-state index contributed by atoms with van der Waals surface area (Å²) in [7, 11) is 1.54. The number of hydrogen-bond acceptors (Lipinski definition) is 4. The van der Waals surface area contributed by atoms with Gasteiger partial charge in [0, 0.05) is 7.11 Å². The highest BCUT2D eigenvalue weighted by Crippen LogP contribution is 2.37. The second kappa shape index (κ2) is 6.07. The van der Waals surface area contributed by atoms with E-state index in [9.17, 15) is 13.2 Å². The molecule has 0 saturated carbocycles. The molecule has 7 heteroatoms. The molecule has 2 rings (SSSR count). The van der Waals surface area contributed by atoms with Gasteiger partial charge in [0.1, 0.15) is 0 Å². The van der Waals surface area contributed by atoms with Crippen LogP contribution in [-0.4, -0.2) is 25.3 Å². The van der Waals surface area contributed by atoms with Gasteiger partial charge in [0.15, 0.2) is 0 Å². The van der Waals surface area contributed by atoms with Gasteiger partial charge < -0.3 is 9.47 Å². The van der Waals surface area contributed by atoms with Crippen molar-refractivity contribution in [1.82, 2.24) is 4.98 Å². The van der Waals surface area contributed by atoms with E-state index in [2.05, 4.69) is 4.98 Å². The number of rotatable bonds is 5. The largest absolute Gasteiger partial charge is 0.418 e. The Morgan fingerprint density at radius 1 is 1.25 bits per heavy atom. The van der Waals surface area contributed by atoms with Gasteiger partial charge in [-0.05, 0) is 24.6 Å². The van der Waals surface area contributed by atoms with Crippen LogP contribution in [0.3, 0.4) is 0 Å². The zero-order valence-electron chi connectivity index (χ0n) is 11.1. The molecule has 0 spiro atoms. The van der Waals surface area contributed by atoms with Crippen LogP contribution in [0.25, 0.3) is 10.2 Å². The molecule has 0 unspecified atom stereocenters. The monoisotopic (exact) mass is 305 g/mol. The highest BCUT2D eigenvalue weighted by atomic mass is 32.1. The first-order chi connectivity index (χ1) is 9.41. The molecule has 1 aromatic carbocycles. The van der Waals surface area contributed by atoms with Crippen LogP contribution in [0.4, 0.5) is 13.2 Å². The molecule has 1 aromatic heterocycles. The van der Waals surface area contributed by atoms with E-state index in [0.717, 1.165) is 6.07 Å². The first-order valence-electron chi connectivity index (χ1n) is 5.95. The van der Waals surface area contributed by atoms with Gasteiger partial charge in [-0.1, -0.05) is 0 Å². The van der Waals surface area contributed by atoms with Gasteiger partial charge in [-0.2, -0.15) is 13.2 Å². The molecule has 0 aliphatic heterocycles. The minimum absolute atomic E-state index is 0.0145. The minimum atomic E-state index is -4.42. The van der Waals surface area contributed by atoms with Crippen molar-refractivity contribution in [2.24, 2.45) is 0 Å². The number of ether oxygens (including phenoxy) is 2. The van der Waals surface area contributed by atoms with E-state index in [1.807, 2.05) is 0 Å². The SMILES string of the molecule is COCCOCc1cc(C(F)(F)F)c2nc(C)sc2c1. The van der Waals surface area contributed by atoms with Crippen LogP contribution in [0.5, 0.6) is 0 Å². The van der Waals surface area contributed by atoms with E-state index < -0.39 is 11.7 Å². The summed E-state index contributed by atoms with van der Waals surface area (Å²) in [5, 5.41) is 0.614. The number of halogens is 3. The summed E-state index contributed by atoms with van der Waals surface area (Å²) in [5.74, 6) is 0. The van der Waals surface area contributed by atoms with E-state index in [0.29, 0.717) is 28.5 Å². The lowest BCUT2D eigenvalue weighted by atomic mass is 10.1. The van der Waals surface area contributed by atoms with Gasteiger partial charge in [0.05, 0.1) is 40.6 Å². The molecular formula is C13H14F3NO2S. The molecule has 110 valence electrons. The van der Waals surface area contributed by atoms with Gasteiger partial charge in [0.2, 0.25) is 0 Å². The second-order valence-corrected chi connectivity index (χ2v) is 5.50. The highest BCUT2D eigenvalue weighted by Gasteiger charge is 2.34. The van der Waals surface area contributed by atoms with Crippen molar-refractivity contribution in [3.63, 3.8) is 0 Å². The number of methoxy groups -OCH3 is 1. The van der Waals surface area contributed by atoms with Gasteiger partial charge in [-0.25, -0.2) is 4.98 Å². The maximum absolute atomic E-state index is 13.1. The smallest absolute Gasteiger partial charge is 0.382 e. The van der Waals surface area contributed by atoms with E-state index in [1.165, 1.54) is 18.4 Å². The summed E-state index contributed by atoms with van der Waals surface area (Å²) < 4.78 is 49.8. The maximum atomic E-state index is 13.1. The Morgan fingerprint density at radius 2 is 2.00 bits per heavy atom. The topological polar surface area (TPSA) is 31.4 Å². The van der Waals surface area contributed by atoms with E-state index >= 15 is 0 Å². The third-order valence-corrected chi connectivity index (χ3v) is 3.59. The number of thiazole rings is 1. The van der Waals surface area contributed by atoms with E-state index in [4.69, 9.17) is 9.47 Å². The summed E-state index contributed by atoms with van der Waals surface area (Å²) in [6, 6.07) is 2.80. The average molecular weight is 305 g/mol. The summed E-state index contributed by atoms with van der Waals surface area (Å²) in [4.78, 5) is 3.97. The van der Waals surface area contributed by atoms with Crippen molar-refractivity contribution in [1.29, 1.82) is 0 Å². The molecule has 0 fully saturated rings. The Labute approximate surface area is 118 Å². The molecule has 2 aromatic rings. The van der Waals surface area contributed by atoms with Crippen LogP contribution in [0.15, 0.2) is 12.1 Å². The molecule has 1 heterocycles. The molecule has 0 saturated heterocycles. The third kappa shape index (κ3) is 3.47. The van der Waals surface area contributed by atoms with Gasteiger partial charge in [-0.15, -0.1) is 11.3 Å². The van der Waals surface area contributed by atoms with Crippen LogP contribution in [0, 0.1) is 6.92 Å². The lowest BCUT2D eigenvalue weighted by Crippen LogP contribution is -2.08. The van der Waals surface area contributed by atoms with Gasteiger partial charge in [-0.3, -0.25) is 0 Å². The van der Waals surface area contributed by atoms with E-state index in [-0.39, 0.29) is 12.1 Å². The van der Waals surface area contributed by atoms with E-state index in [1.54, 1.807) is 13.0 Å². The molecule has 0 aliphatic carbocycles. The zero-order chi connectivity index (χ0) is 14.8. The summed E-state index contributed by atoms with van der Waals surface area (Å²) in [6.07, 6.45) is -4.42. The quantitative estimate of drug-likeness (QED) is 0.788. The Hall–Kier alpha value is -1.18. The predicted molar refractivity (Wildman–Crippen MR) is 70.9 cm³/mol. The fraction of sp³-hybridized carbons (Fsp3) is 0.462. The van der Waals surface area contributed by atoms with Crippen molar-refractivity contribution in [3.8, 4) is 0 Å². The molecule has 3 nitrogen and oxygen atoms in total. The number of aryl methyl sites for hydroxylation is 1. The minimum Gasteiger partial charge on any atom is -0.382 e. The Kier molecular flexibility index (Phi) is 4.62. The number of benzene rings is 1. The van der Waals surface area contributed by atoms with Crippen LogP contribution >= 0.6 is 11.3 Å². The first-order valence-corrected chi connectivity index (χ1v) is 6.77. The summed E-state index contributed by atoms with van der Waals surface area (Å²) >= 11 is 1.25. The number of hydrogen-bond donors (Lipinski definition) is 0. The average Bonchev–Trinajstić information content (AvgIpc) is 2.72. The third-order valence-electron chi connectivity index (χ3n) is 2.67. The zero-order valence-corrected chi connectivity index (χ0v) is 11.9. The normalized spacial score (nSPS) is 12.2. The van der Waals surface area contributed by atoms with Gasteiger partial charge in [0.25, 0.3) is 0 Å². The maximum Gasteiger partial charge on any atom is 0.418 e. The lowest BCUT2D eigenvalue weighted by Gasteiger charge is -2.10. The lowest BCUT2D eigenvalue weighted by molar-refractivity contribution is -0.136. The Balaban J connectivity index is 2.32. The molecule has 0 aliphatic rings. The van der Waals surface area contributed by atoms with Crippen LogP contribution in [-0.2, 0) is 22.3 Å². The molecular weight excluding hydrogens is 291 g/mol. The van der Waals surface area contributed by atoms with Crippen LogP contribution < -0.4 is 0 Å². The van der Waals surface area contributed by atoms with Gasteiger partial charge >= 0.3 is 6.18 Å². The van der Waals surface area contributed by atoms with Crippen LogP contribution in [0.2, 0.25) is 0 Å². The van der Waals surface area contributed by atoms with Crippen molar-refractivity contribution in [2.45, 2.75) is 19.7 Å². The number of fused-ring (bicyclic) bond motifs is 1. The van der Waals surface area contributed by atoms with Crippen molar-refractivity contribution in [3.05, 3.63) is 28.3 Å². The molecule has 0 amide bonds. The molecule has 0 N–H and O–H groups in total. The summed E-state index contributed by atoms with van der Waals surface area (Å²) in [6.45, 7) is 2.57. The number of nitrogens with zero attached hydrogens (tertiary/aromatic N) is 1. The molecule has 0 atom stereocenters. The standard InChI is InChI=1S/C13H14F3NO2S/c1-8-17-12-10(13(14,15)16)5-9(6-11(12)20-8)7-19-4-3-18-2/h5-6H,3-4,7H2,1-2H3. The fourth-order valence-electron chi connectivity index (χ4n) is 1.83. The molecule has 20 heavy (non-hydrogen) atoms. The number of aromatic nitrogens is 1. The highest BCUT2D eigenvalue weighted by molar-refractivity contribution is 7.18. The van der Waals surface area contributed by atoms with Crippen molar-refractivity contribution in [2.75, 3.05) is 20.3 Å². The Bertz CT molecular complexity index is 595. The van der Waals surface area contributed by atoms with Crippen LogP contribution in [0.1, 0.15) is 16.1 Å². The molecule has 0 radical (unpaired) electrons. The first kappa shape index (κ1) is 15.2. The summed E-state index contributed by atoms with van der Waals surface area (Å²) in [5.41, 5.74) is -0.199. The van der Waals surface area contributed by atoms with Crippen molar-refractivity contribution < 1.29 is 22.6 Å². The second-order valence-electron chi connectivity index (χ2n) is 4.27. The number of alkyl halides is 3. The van der Waals surface area contributed by atoms with Crippen molar-refractivity contribution >= 4 is 21.6 Å². The fourth-order valence-corrected chi connectivity index (χ4v) is 2.75. The Morgan fingerprint density at radius 3 is 2.65 bits per heavy atom.